The molecule has 2 N–H and O–H groups in total. The Bertz CT molecular complexity index is 839. The van der Waals surface area contributed by atoms with Crippen LogP contribution in [0.4, 0.5) is 0 Å². The highest BCUT2D eigenvalue weighted by molar-refractivity contribution is 6.30. The van der Waals surface area contributed by atoms with Crippen molar-refractivity contribution in [3.05, 3.63) is 40.4 Å². The van der Waals surface area contributed by atoms with Gasteiger partial charge < -0.3 is 10.5 Å². The summed E-state index contributed by atoms with van der Waals surface area (Å²) in [5.41, 5.74) is 8.71. The lowest BCUT2D eigenvalue weighted by Gasteiger charge is -2.38. The van der Waals surface area contributed by atoms with E-state index in [2.05, 4.69) is 25.7 Å². The summed E-state index contributed by atoms with van der Waals surface area (Å²) in [4.78, 5) is 2.61. The second kappa shape index (κ2) is 7.75. The highest BCUT2D eigenvalue weighted by Crippen LogP contribution is 2.37. The monoisotopic (exact) mass is 401 g/mol. The summed E-state index contributed by atoms with van der Waals surface area (Å²) in [5, 5.41) is 9.95. The van der Waals surface area contributed by atoms with E-state index in [-0.39, 0.29) is 6.04 Å². The fraction of sp³-hybridized carbons (Fsp3) is 0.619. The Balaban J connectivity index is 1.41. The van der Waals surface area contributed by atoms with Crippen molar-refractivity contribution in [2.24, 2.45) is 5.73 Å². The van der Waals surface area contributed by atoms with Crippen LogP contribution in [0.15, 0.2) is 18.2 Å². The lowest BCUT2D eigenvalue weighted by molar-refractivity contribution is 0.00707. The maximum Gasteiger partial charge on any atom is 0.140 e. The number of hydrogen-bond donors (Lipinski definition) is 1. The van der Waals surface area contributed by atoms with Crippen LogP contribution in [0.25, 0.3) is 5.69 Å². The maximum atomic E-state index is 6.36. The minimum Gasteiger partial charge on any atom is -0.379 e. The van der Waals surface area contributed by atoms with Crippen LogP contribution in [0.5, 0.6) is 0 Å². The van der Waals surface area contributed by atoms with Crippen LogP contribution in [0.1, 0.15) is 48.8 Å². The first kappa shape index (κ1) is 18.6. The van der Waals surface area contributed by atoms with Gasteiger partial charge in [0.25, 0.3) is 0 Å². The Kier molecular flexibility index (Phi) is 5.13. The topological polar surface area (TPSA) is 69.2 Å². The average Bonchev–Trinajstić information content (AvgIpc) is 3.06. The van der Waals surface area contributed by atoms with Crippen molar-refractivity contribution in [3.8, 4) is 5.69 Å². The molecule has 2 aliphatic heterocycles. The van der Waals surface area contributed by atoms with E-state index in [9.17, 15) is 0 Å². The van der Waals surface area contributed by atoms with E-state index in [4.69, 9.17) is 22.1 Å². The second-order valence-electron chi connectivity index (χ2n) is 8.40. The van der Waals surface area contributed by atoms with Gasteiger partial charge in [0.15, 0.2) is 0 Å². The van der Waals surface area contributed by atoms with Gasteiger partial charge in [-0.1, -0.05) is 11.6 Å². The van der Waals surface area contributed by atoms with E-state index in [1.165, 1.54) is 18.4 Å². The minimum atomic E-state index is 0.0487. The summed E-state index contributed by atoms with van der Waals surface area (Å²) >= 11 is 6.26. The molecule has 28 heavy (non-hydrogen) atoms. The van der Waals surface area contributed by atoms with Crippen LogP contribution in [-0.4, -0.2) is 58.1 Å². The maximum absolute atomic E-state index is 6.36. The van der Waals surface area contributed by atoms with E-state index < -0.39 is 0 Å². The molecule has 1 saturated carbocycles. The molecule has 5 rings (SSSR count). The van der Waals surface area contributed by atoms with Crippen molar-refractivity contribution in [1.29, 1.82) is 0 Å². The summed E-state index contributed by atoms with van der Waals surface area (Å²) in [6, 6.07) is 6.84. The van der Waals surface area contributed by atoms with E-state index in [0.29, 0.717) is 12.0 Å². The molecule has 3 aliphatic rings. The molecule has 1 saturated heterocycles. The van der Waals surface area contributed by atoms with Gasteiger partial charge in [0.05, 0.1) is 18.9 Å². The van der Waals surface area contributed by atoms with Crippen LogP contribution >= 0.6 is 11.6 Å². The van der Waals surface area contributed by atoms with Crippen LogP contribution in [0.2, 0.25) is 5.02 Å². The Morgan fingerprint density at radius 3 is 2.61 bits per heavy atom. The van der Waals surface area contributed by atoms with Crippen LogP contribution in [0, 0.1) is 0 Å². The van der Waals surface area contributed by atoms with Gasteiger partial charge in [-0.25, -0.2) is 0 Å². The SMILES string of the molecule is NC1Cc2cc(Cl)ccc2-n2c(nnc2[C@H]2CC[C@H](N3CCOCC3)CC2)C1. The largest absolute Gasteiger partial charge is 0.379 e. The molecule has 2 aromatic rings. The number of fused-ring (bicyclic) bond motifs is 3. The molecule has 0 bridgehead atoms. The molecule has 6 nitrogen and oxygen atoms in total. The molecule has 1 aliphatic carbocycles. The zero-order valence-corrected chi connectivity index (χ0v) is 16.9. The fourth-order valence-corrected chi connectivity index (χ4v) is 5.35. The van der Waals surface area contributed by atoms with E-state index >= 15 is 0 Å². The van der Waals surface area contributed by atoms with Crippen LogP contribution in [-0.2, 0) is 17.6 Å². The van der Waals surface area contributed by atoms with Gasteiger partial charge in [-0.3, -0.25) is 9.47 Å². The van der Waals surface area contributed by atoms with Crippen LogP contribution in [0.3, 0.4) is 0 Å². The molecule has 7 heteroatoms. The third-order valence-corrected chi connectivity index (χ3v) is 6.82. The lowest BCUT2D eigenvalue weighted by Crippen LogP contribution is -2.44. The van der Waals surface area contributed by atoms with Crippen LogP contribution < -0.4 is 5.73 Å². The van der Waals surface area contributed by atoms with E-state index in [0.717, 1.165) is 74.3 Å². The highest BCUT2D eigenvalue weighted by Gasteiger charge is 2.32. The number of hydrogen-bond acceptors (Lipinski definition) is 5. The minimum absolute atomic E-state index is 0.0487. The number of nitrogens with zero attached hydrogens (tertiary/aromatic N) is 4. The molecule has 0 spiro atoms. The van der Waals surface area contributed by atoms with Gasteiger partial charge in [-0.15, -0.1) is 10.2 Å². The summed E-state index contributed by atoms with van der Waals surface area (Å²) in [6.07, 6.45) is 6.34. The first-order valence-corrected chi connectivity index (χ1v) is 10.9. The quantitative estimate of drug-likeness (QED) is 0.837. The zero-order valence-electron chi connectivity index (χ0n) is 16.2. The normalized spacial score (nSPS) is 28.4. The van der Waals surface area contributed by atoms with Gasteiger partial charge in [-0.2, -0.15) is 0 Å². The lowest BCUT2D eigenvalue weighted by atomic mass is 9.84. The van der Waals surface area contributed by atoms with Crippen molar-refractivity contribution in [1.82, 2.24) is 19.7 Å². The predicted octanol–water partition coefficient (Wildman–Crippen LogP) is 2.71. The Labute approximate surface area is 171 Å². The van der Waals surface area contributed by atoms with Crippen molar-refractivity contribution in [2.75, 3.05) is 26.3 Å². The van der Waals surface area contributed by atoms with Crippen molar-refractivity contribution >= 4 is 11.6 Å². The number of ether oxygens (including phenoxy) is 1. The third kappa shape index (κ3) is 3.47. The number of halogens is 1. The summed E-state index contributed by atoms with van der Waals surface area (Å²) in [5.74, 6) is 2.54. The number of rotatable bonds is 2. The molecule has 1 atom stereocenters. The number of aromatic nitrogens is 3. The summed E-state index contributed by atoms with van der Waals surface area (Å²) < 4.78 is 7.79. The molecule has 1 aromatic heterocycles. The molecule has 0 radical (unpaired) electrons. The smallest absolute Gasteiger partial charge is 0.140 e. The zero-order chi connectivity index (χ0) is 19.1. The van der Waals surface area contributed by atoms with Gasteiger partial charge in [-0.05, 0) is 55.9 Å². The number of nitrogens with two attached hydrogens (primary N) is 1. The first-order valence-electron chi connectivity index (χ1n) is 10.5. The fourth-order valence-electron chi connectivity index (χ4n) is 5.16. The van der Waals surface area contributed by atoms with Gasteiger partial charge in [0.2, 0.25) is 0 Å². The van der Waals surface area contributed by atoms with E-state index in [1.807, 2.05) is 12.1 Å². The molecule has 1 unspecified atom stereocenters. The van der Waals surface area contributed by atoms with Crippen molar-refractivity contribution in [3.63, 3.8) is 0 Å². The molecule has 2 fully saturated rings. The Morgan fingerprint density at radius 2 is 1.82 bits per heavy atom. The summed E-state index contributed by atoms with van der Waals surface area (Å²) in [7, 11) is 0. The number of benzene rings is 1. The molecule has 1 aromatic carbocycles. The standard InChI is InChI=1S/C21H28ClN5O/c22-16-3-6-19-15(11-16)12-17(23)13-20-24-25-21(27(19)20)14-1-4-18(5-2-14)26-7-9-28-10-8-26/h3,6,11,14,17-18H,1-2,4-5,7-10,12-13,23H2/t14-,17?,18-. The molecular weight excluding hydrogens is 374 g/mol. The molecule has 3 heterocycles. The van der Waals surface area contributed by atoms with Gasteiger partial charge in [0, 0.05) is 42.5 Å². The Hall–Kier alpha value is -1.47. The second-order valence-corrected chi connectivity index (χ2v) is 8.84. The molecule has 150 valence electrons. The first-order chi connectivity index (χ1) is 13.7. The Morgan fingerprint density at radius 1 is 1.04 bits per heavy atom. The highest BCUT2D eigenvalue weighted by atomic mass is 35.5. The van der Waals surface area contributed by atoms with Crippen molar-refractivity contribution in [2.45, 2.75) is 56.5 Å². The average molecular weight is 402 g/mol. The van der Waals surface area contributed by atoms with Gasteiger partial charge in [0.1, 0.15) is 11.6 Å². The van der Waals surface area contributed by atoms with Crippen molar-refractivity contribution < 1.29 is 4.74 Å². The van der Waals surface area contributed by atoms with E-state index in [1.54, 1.807) is 0 Å². The summed E-state index contributed by atoms with van der Waals surface area (Å²) in [6.45, 7) is 3.89. The molecular formula is C21H28ClN5O. The van der Waals surface area contributed by atoms with Gasteiger partial charge >= 0.3 is 0 Å². The number of morpholine rings is 1. The predicted molar refractivity (Wildman–Crippen MR) is 109 cm³/mol. The molecule has 0 amide bonds. The third-order valence-electron chi connectivity index (χ3n) is 6.59.